The van der Waals surface area contributed by atoms with Crippen molar-refractivity contribution in [1.82, 2.24) is 0 Å². The van der Waals surface area contributed by atoms with Gasteiger partial charge in [-0.25, -0.2) is 0 Å². The minimum Gasteiger partial charge on any atom is -0.397 e. The van der Waals surface area contributed by atoms with Crippen molar-refractivity contribution in [2.75, 3.05) is 11.5 Å². The molecule has 166 valence electrons. The van der Waals surface area contributed by atoms with Crippen LogP contribution in [-0.2, 0) is 6.42 Å². The van der Waals surface area contributed by atoms with E-state index in [0.29, 0.717) is 5.92 Å². The fourth-order valence-corrected chi connectivity index (χ4v) is 6.33. The third kappa shape index (κ3) is 8.14. The summed E-state index contributed by atoms with van der Waals surface area (Å²) >= 11 is 14.4. The molecule has 0 radical (unpaired) electrons. The summed E-state index contributed by atoms with van der Waals surface area (Å²) in [6, 6.07) is 8.69. The maximum atomic E-state index is 6.12. The summed E-state index contributed by atoms with van der Waals surface area (Å²) in [5.74, 6) is 0.546. The van der Waals surface area contributed by atoms with Crippen LogP contribution in [0.1, 0.15) is 81.8 Å². The molecule has 6 heteroatoms. The third-order valence-electron chi connectivity index (χ3n) is 5.64. The molecule has 4 N–H and O–H groups in total. The van der Waals surface area contributed by atoms with Gasteiger partial charge in [0.25, 0.3) is 0 Å². The highest BCUT2D eigenvalue weighted by atomic mass is 79.9. The number of halogens is 4. The van der Waals surface area contributed by atoms with E-state index in [1.165, 1.54) is 56.1 Å². The zero-order valence-corrected chi connectivity index (χ0v) is 24.0. The standard InChI is InChI=1S/C24H32Br4N2/c1-2-3-4-5-6-7-10-17(18-14-21(27)24(30)22(28)15-18)11-8-9-16-12-19(25)23(29)20(26)13-16/h12-15,17H,2-11,29-30H2,1H3. The normalized spacial score (nSPS) is 12.3. The van der Waals surface area contributed by atoms with Crippen molar-refractivity contribution < 1.29 is 0 Å². The molecule has 1 unspecified atom stereocenters. The number of hydrogen-bond donors (Lipinski definition) is 2. The van der Waals surface area contributed by atoms with Gasteiger partial charge in [0.1, 0.15) is 0 Å². The Hall–Kier alpha value is -0.0400. The molecule has 0 heterocycles. The van der Waals surface area contributed by atoms with Crippen LogP contribution in [0.15, 0.2) is 42.2 Å². The van der Waals surface area contributed by atoms with Crippen LogP contribution in [0, 0.1) is 0 Å². The van der Waals surface area contributed by atoms with Gasteiger partial charge in [-0.05, 0) is 131 Å². The Morgan fingerprint density at radius 3 is 1.70 bits per heavy atom. The second-order valence-electron chi connectivity index (χ2n) is 8.02. The molecular formula is C24H32Br4N2. The van der Waals surface area contributed by atoms with Crippen molar-refractivity contribution >= 4 is 75.1 Å². The Bertz CT molecular complexity index is 777. The molecule has 0 saturated carbocycles. The highest BCUT2D eigenvalue weighted by molar-refractivity contribution is 9.11. The Morgan fingerprint density at radius 1 is 0.667 bits per heavy atom. The number of unbranched alkanes of at least 4 members (excludes halogenated alkanes) is 5. The lowest BCUT2D eigenvalue weighted by atomic mass is 9.88. The molecule has 0 fully saturated rings. The molecule has 1 atom stereocenters. The van der Waals surface area contributed by atoms with Crippen LogP contribution in [0.5, 0.6) is 0 Å². The van der Waals surface area contributed by atoms with Crippen molar-refractivity contribution in [2.45, 2.75) is 77.0 Å². The summed E-state index contributed by atoms with van der Waals surface area (Å²) in [6.07, 6.45) is 12.6. The van der Waals surface area contributed by atoms with E-state index in [4.69, 9.17) is 11.5 Å². The van der Waals surface area contributed by atoms with Gasteiger partial charge in [0.05, 0.1) is 11.4 Å². The predicted molar refractivity (Wildman–Crippen MR) is 146 cm³/mol. The average Bonchev–Trinajstić information content (AvgIpc) is 2.71. The summed E-state index contributed by atoms with van der Waals surface area (Å²) in [5.41, 5.74) is 16.4. The van der Waals surface area contributed by atoms with Crippen molar-refractivity contribution in [3.63, 3.8) is 0 Å². The first-order valence-electron chi connectivity index (χ1n) is 10.8. The first-order chi connectivity index (χ1) is 14.3. The van der Waals surface area contributed by atoms with Gasteiger partial charge in [0.2, 0.25) is 0 Å². The molecule has 0 aliphatic carbocycles. The molecule has 2 nitrogen and oxygen atoms in total. The van der Waals surface area contributed by atoms with E-state index in [1.807, 2.05) is 0 Å². The van der Waals surface area contributed by atoms with E-state index in [9.17, 15) is 0 Å². The Balaban J connectivity index is 2.02. The molecule has 0 aliphatic rings. The second-order valence-corrected chi connectivity index (χ2v) is 11.4. The second kappa shape index (κ2) is 13.5. The predicted octanol–water partition coefficient (Wildman–Crippen LogP) is 9.76. The zero-order chi connectivity index (χ0) is 22.1. The number of anilines is 2. The SMILES string of the molecule is CCCCCCCCC(CCCc1cc(Br)c(N)c(Br)c1)c1cc(Br)c(N)c(Br)c1. The number of benzene rings is 2. The molecule has 0 spiro atoms. The zero-order valence-electron chi connectivity index (χ0n) is 17.6. The number of hydrogen-bond acceptors (Lipinski definition) is 2. The Morgan fingerprint density at radius 2 is 1.13 bits per heavy atom. The molecule has 0 aliphatic heterocycles. The number of rotatable bonds is 12. The van der Waals surface area contributed by atoms with Crippen molar-refractivity contribution in [1.29, 1.82) is 0 Å². The maximum Gasteiger partial charge on any atom is 0.0603 e. The lowest BCUT2D eigenvalue weighted by molar-refractivity contribution is 0.504. The first kappa shape index (κ1) is 26.2. The van der Waals surface area contributed by atoms with Crippen LogP contribution >= 0.6 is 63.7 Å². The van der Waals surface area contributed by atoms with Crippen LogP contribution in [-0.4, -0.2) is 0 Å². The lowest BCUT2D eigenvalue weighted by Crippen LogP contribution is -2.03. The van der Waals surface area contributed by atoms with Gasteiger partial charge in [-0.1, -0.05) is 45.4 Å². The summed E-state index contributed by atoms with van der Waals surface area (Å²) in [7, 11) is 0. The maximum absolute atomic E-state index is 6.12. The highest BCUT2D eigenvalue weighted by Crippen LogP contribution is 2.37. The minimum atomic E-state index is 0.546. The molecule has 2 aromatic carbocycles. The molecule has 2 rings (SSSR count). The van der Waals surface area contributed by atoms with Crippen molar-refractivity contribution in [3.05, 3.63) is 53.3 Å². The fourth-order valence-electron chi connectivity index (χ4n) is 3.82. The van der Waals surface area contributed by atoms with Crippen LogP contribution in [0.25, 0.3) is 0 Å². The number of aryl methyl sites for hydroxylation is 1. The summed E-state index contributed by atoms with van der Waals surface area (Å²) in [4.78, 5) is 0. The molecule has 0 aromatic heterocycles. The van der Waals surface area contributed by atoms with Gasteiger partial charge >= 0.3 is 0 Å². The minimum absolute atomic E-state index is 0.546. The molecule has 0 bridgehead atoms. The Labute approximate surface area is 215 Å². The highest BCUT2D eigenvalue weighted by Gasteiger charge is 2.15. The largest absolute Gasteiger partial charge is 0.397 e. The fraction of sp³-hybridized carbons (Fsp3) is 0.500. The van der Waals surface area contributed by atoms with Gasteiger partial charge in [0.15, 0.2) is 0 Å². The molecule has 0 saturated heterocycles. The number of nitrogens with two attached hydrogens (primary N) is 2. The van der Waals surface area contributed by atoms with Gasteiger partial charge in [-0.2, -0.15) is 0 Å². The van der Waals surface area contributed by atoms with E-state index in [-0.39, 0.29) is 0 Å². The van der Waals surface area contributed by atoms with E-state index in [0.717, 1.165) is 48.5 Å². The average molecular weight is 668 g/mol. The van der Waals surface area contributed by atoms with E-state index >= 15 is 0 Å². The van der Waals surface area contributed by atoms with Crippen LogP contribution in [0.3, 0.4) is 0 Å². The summed E-state index contributed by atoms with van der Waals surface area (Å²) in [5, 5.41) is 0. The molecule has 30 heavy (non-hydrogen) atoms. The van der Waals surface area contributed by atoms with Crippen LogP contribution in [0.4, 0.5) is 11.4 Å². The van der Waals surface area contributed by atoms with Gasteiger partial charge in [-0.3, -0.25) is 0 Å². The topological polar surface area (TPSA) is 52.0 Å². The quantitative estimate of drug-likeness (QED) is 0.175. The third-order valence-corrected chi connectivity index (χ3v) is 8.26. The van der Waals surface area contributed by atoms with Crippen molar-refractivity contribution in [3.8, 4) is 0 Å². The Kier molecular flexibility index (Phi) is 11.8. The van der Waals surface area contributed by atoms with E-state index in [1.54, 1.807) is 0 Å². The van der Waals surface area contributed by atoms with E-state index < -0.39 is 0 Å². The molecule has 2 aromatic rings. The number of nitrogen functional groups attached to an aromatic ring is 2. The summed E-state index contributed by atoms with van der Waals surface area (Å²) in [6.45, 7) is 2.27. The molecule has 0 amide bonds. The lowest BCUT2D eigenvalue weighted by Gasteiger charge is -2.19. The monoisotopic (exact) mass is 664 g/mol. The molecular weight excluding hydrogens is 636 g/mol. The summed E-state index contributed by atoms with van der Waals surface area (Å²) < 4.78 is 3.88. The van der Waals surface area contributed by atoms with Gasteiger partial charge in [-0.15, -0.1) is 0 Å². The van der Waals surface area contributed by atoms with Gasteiger partial charge in [0, 0.05) is 17.9 Å². The van der Waals surface area contributed by atoms with Crippen molar-refractivity contribution in [2.24, 2.45) is 0 Å². The smallest absolute Gasteiger partial charge is 0.0603 e. The van der Waals surface area contributed by atoms with Crippen LogP contribution < -0.4 is 11.5 Å². The van der Waals surface area contributed by atoms with Gasteiger partial charge < -0.3 is 11.5 Å². The van der Waals surface area contributed by atoms with E-state index in [2.05, 4.69) is 94.9 Å². The van der Waals surface area contributed by atoms with Crippen LogP contribution in [0.2, 0.25) is 0 Å². The first-order valence-corrected chi connectivity index (χ1v) is 14.0.